The molecule has 0 aliphatic carbocycles. The third kappa shape index (κ3) is 6.24. The van der Waals surface area contributed by atoms with Crippen molar-refractivity contribution in [3.05, 3.63) is 35.9 Å². The van der Waals surface area contributed by atoms with Crippen LogP contribution in [0.4, 0.5) is 0 Å². The Kier molecular flexibility index (Phi) is 7.15. The molecule has 1 N–H and O–H groups in total. The minimum atomic E-state index is 0.247. The van der Waals surface area contributed by atoms with Crippen LogP contribution in [0.3, 0.4) is 0 Å². The largest absolute Gasteiger partial charge is 0.314 e. The minimum Gasteiger partial charge on any atom is -0.314 e. The molecule has 0 heterocycles. The molecule has 1 heteroatoms. The third-order valence-electron chi connectivity index (χ3n) is 3.89. The van der Waals surface area contributed by atoms with Gasteiger partial charge in [0, 0.05) is 6.04 Å². The van der Waals surface area contributed by atoms with Gasteiger partial charge in [0.05, 0.1) is 0 Å². The Bertz CT molecular complexity index is 329. The van der Waals surface area contributed by atoms with Crippen molar-refractivity contribution in [3.8, 4) is 0 Å². The summed E-state index contributed by atoms with van der Waals surface area (Å²) in [5, 5.41) is 3.67. The van der Waals surface area contributed by atoms with E-state index in [9.17, 15) is 0 Å². The topological polar surface area (TPSA) is 12.0 Å². The zero-order valence-electron chi connectivity index (χ0n) is 13.2. The second-order valence-corrected chi connectivity index (χ2v) is 6.37. The van der Waals surface area contributed by atoms with E-state index in [1.807, 2.05) is 0 Å². The zero-order valence-corrected chi connectivity index (χ0v) is 13.2. The molecule has 0 bridgehead atoms. The Hall–Kier alpha value is -0.820. The fraction of sp³-hybridized carbons (Fsp3) is 0.667. The summed E-state index contributed by atoms with van der Waals surface area (Å²) in [7, 11) is 0. The highest BCUT2D eigenvalue weighted by Crippen LogP contribution is 2.28. The van der Waals surface area contributed by atoms with Crippen molar-refractivity contribution in [2.24, 2.45) is 0 Å². The maximum absolute atomic E-state index is 3.67. The van der Waals surface area contributed by atoms with Crippen molar-refractivity contribution in [2.75, 3.05) is 6.54 Å². The standard InChI is InChI=1S/C18H31N/c1-5-6-7-11-14-19-16(2)15-18(3,4)17-12-9-8-10-13-17/h8-10,12-13,16,19H,5-7,11,14-15H2,1-4H3. The zero-order chi connectivity index (χ0) is 14.1. The predicted octanol–water partition coefficient (Wildman–Crippen LogP) is 4.91. The Morgan fingerprint density at radius 3 is 2.37 bits per heavy atom. The van der Waals surface area contributed by atoms with Gasteiger partial charge in [-0.2, -0.15) is 0 Å². The molecule has 0 saturated carbocycles. The molecule has 0 aliphatic rings. The van der Waals surface area contributed by atoms with E-state index < -0.39 is 0 Å². The van der Waals surface area contributed by atoms with Crippen LogP contribution in [0.5, 0.6) is 0 Å². The Balaban J connectivity index is 2.32. The van der Waals surface area contributed by atoms with Crippen LogP contribution < -0.4 is 5.32 Å². The lowest BCUT2D eigenvalue weighted by Gasteiger charge is -2.29. The summed E-state index contributed by atoms with van der Waals surface area (Å²) < 4.78 is 0. The van der Waals surface area contributed by atoms with Gasteiger partial charge < -0.3 is 5.32 Å². The van der Waals surface area contributed by atoms with Crippen LogP contribution in [0.2, 0.25) is 0 Å². The highest BCUT2D eigenvalue weighted by molar-refractivity contribution is 5.23. The van der Waals surface area contributed by atoms with E-state index in [1.54, 1.807) is 0 Å². The molecule has 1 aromatic carbocycles. The summed E-state index contributed by atoms with van der Waals surface area (Å²) in [6, 6.07) is 11.4. The van der Waals surface area contributed by atoms with Crippen LogP contribution >= 0.6 is 0 Å². The first-order chi connectivity index (χ1) is 9.06. The second-order valence-electron chi connectivity index (χ2n) is 6.37. The second kappa shape index (κ2) is 8.37. The number of rotatable bonds is 9. The van der Waals surface area contributed by atoms with Crippen molar-refractivity contribution >= 4 is 0 Å². The fourth-order valence-corrected chi connectivity index (χ4v) is 2.75. The van der Waals surface area contributed by atoms with Crippen molar-refractivity contribution in [1.82, 2.24) is 5.32 Å². The van der Waals surface area contributed by atoms with Crippen LogP contribution in [0.1, 0.15) is 65.4 Å². The Morgan fingerprint density at radius 1 is 1.05 bits per heavy atom. The summed E-state index contributed by atoms with van der Waals surface area (Å²) in [6.07, 6.45) is 6.54. The van der Waals surface area contributed by atoms with Crippen LogP contribution in [0, 0.1) is 0 Å². The summed E-state index contributed by atoms with van der Waals surface area (Å²) >= 11 is 0. The number of hydrogen-bond donors (Lipinski definition) is 1. The molecule has 0 fully saturated rings. The summed E-state index contributed by atoms with van der Waals surface area (Å²) in [6.45, 7) is 10.4. The van der Waals surface area contributed by atoms with E-state index in [0.29, 0.717) is 6.04 Å². The van der Waals surface area contributed by atoms with Crippen molar-refractivity contribution in [3.63, 3.8) is 0 Å². The molecule has 0 amide bonds. The molecule has 108 valence electrons. The van der Waals surface area contributed by atoms with Crippen molar-refractivity contribution in [1.29, 1.82) is 0 Å². The van der Waals surface area contributed by atoms with E-state index in [1.165, 1.54) is 37.7 Å². The monoisotopic (exact) mass is 261 g/mol. The van der Waals surface area contributed by atoms with Crippen molar-refractivity contribution in [2.45, 2.75) is 71.3 Å². The van der Waals surface area contributed by atoms with Gasteiger partial charge in [0.2, 0.25) is 0 Å². The highest BCUT2D eigenvalue weighted by Gasteiger charge is 2.22. The lowest BCUT2D eigenvalue weighted by atomic mass is 9.79. The molecule has 1 aromatic rings. The number of hydrogen-bond acceptors (Lipinski definition) is 1. The van der Waals surface area contributed by atoms with Crippen LogP contribution in [0.15, 0.2) is 30.3 Å². The molecule has 0 saturated heterocycles. The van der Waals surface area contributed by atoms with Gasteiger partial charge >= 0.3 is 0 Å². The van der Waals surface area contributed by atoms with Gasteiger partial charge in [-0.15, -0.1) is 0 Å². The molecule has 19 heavy (non-hydrogen) atoms. The maximum Gasteiger partial charge on any atom is 0.00470 e. The highest BCUT2D eigenvalue weighted by atomic mass is 14.9. The molecular formula is C18H31N. The molecule has 1 atom stereocenters. The van der Waals surface area contributed by atoms with Crippen molar-refractivity contribution < 1.29 is 0 Å². The number of unbranched alkanes of at least 4 members (excludes halogenated alkanes) is 3. The molecule has 0 aromatic heterocycles. The van der Waals surface area contributed by atoms with Gasteiger partial charge in [0.1, 0.15) is 0 Å². The van der Waals surface area contributed by atoms with Crippen LogP contribution in [-0.4, -0.2) is 12.6 Å². The molecular weight excluding hydrogens is 230 g/mol. The smallest absolute Gasteiger partial charge is 0.00470 e. The maximum atomic E-state index is 3.67. The quantitative estimate of drug-likeness (QED) is 0.623. The van der Waals surface area contributed by atoms with Gasteiger partial charge in [-0.25, -0.2) is 0 Å². The lowest BCUT2D eigenvalue weighted by molar-refractivity contribution is 0.386. The SMILES string of the molecule is CCCCCCNC(C)CC(C)(C)c1ccccc1. The average Bonchev–Trinajstić information content (AvgIpc) is 2.39. The number of benzene rings is 1. The molecule has 1 unspecified atom stereocenters. The lowest BCUT2D eigenvalue weighted by Crippen LogP contribution is -2.33. The van der Waals surface area contributed by atoms with Gasteiger partial charge in [0.15, 0.2) is 0 Å². The summed E-state index contributed by atoms with van der Waals surface area (Å²) in [5.41, 5.74) is 1.69. The normalized spacial score (nSPS) is 13.5. The Labute approximate surface area is 119 Å². The fourth-order valence-electron chi connectivity index (χ4n) is 2.75. The predicted molar refractivity (Wildman–Crippen MR) is 85.7 cm³/mol. The van der Waals surface area contributed by atoms with E-state index >= 15 is 0 Å². The molecule has 1 nitrogen and oxygen atoms in total. The van der Waals surface area contributed by atoms with Crippen LogP contribution in [-0.2, 0) is 5.41 Å². The third-order valence-corrected chi connectivity index (χ3v) is 3.89. The summed E-state index contributed by atoms with van der Waals surface area (Å²) in [5.74, 6) is 0. The van der Waals surface area contributed by atoms with Gasteiger partial charge in [-0.3, -0.25) is 0 Å². The molecule has 0 radical (unpaired) electrons. The van der Waals surface area contributed by atoms with Gasteiger partial charge in [-0.05, 0) is 37.3 Å². The minimum absolute atomic E-state index is 0.247. The molecule has 1 rings (SSSR count). The number of nitrogens with one attached hydrogen (secondary N) is 1. The first kappa shape index (κ1) is 16.2. The molecule has 0 aliphatic heterocycles. The van der Waals surface area contributed by atoms with E-state index in [-0.39, 0.29) is 5.41 Å². The van der Waals surface area contributed by atoms with Gasteiger partial charge in [-0.1, -0.05) is 70.4 Å². The van der Waals surface area contributed by atoms with Gasteiger partial charge in [0.25, 0.3) is 0 Å². The summed E-state index contributed by atoms with van der Waals surface area (Å²) in [4.78, 5) is 0. The van der Waals surface area contributed by atoms with Crippen LogP contribution in [0.25, 0.3) is 0 Å². The first-order valence-corrected chi connectivity index (χ1v) is 7.85. The average molecular weight is 261 g/mol. The van der Waals surface area contributed by atoms with E-state index in [2.05, 4.69) is 63.3 Å². The van der Waals surface area contributed by atoms with E-state index in [4.69, 9.17) is 0 Å². The Morgan fingerprint density at radius 2 is 1.74 bits per heavy atom. The first-order valence-electron chi connectivity index (χ1n) is 7.85. The molecule has 0 spiro atoms. The van der Waals surface area contributed by atoms with E-state index in [0.717, 1.165) is 6.54 Å².